The molecule has 2 aliphatic heterocycles. The predicted molar refractivity (Wildman–Crippen MR) is 128 cm³/mol. The quantitative estimate of drug-likeness (QED) is 0.463. The molecule has 3 nitrogen and oxygen atoms in total. The molecule has 3 atom stereocenters. The van der Waals surface area contributed by atoms with Crippen LogP contribution in [0.1, 0.15) is 64.9 Å². The van der Waals surface area contributed by atoms with Gasteiger partial charge in [-0.25, -0.2) is 4.98 Å². The fourth-order valence-electron chi connectivity index (χ4n) is 6.01. The predicted octanol–water partition coefficient (Wildman–Crippen LogP) is 7.24. The Hall–Kier alpha value is -2.55. The highest BCUT2D eigenvalue weighted by Crippen LogP contribution is 2.52. The summed E-state index contributed by atoms with van der Waals surface area (Å²) < 4.78 is 0. The van der Waals surface area contributed by atoms with Gasteiger partial charge in [0, 0.05) is 28.7 Å². The molecule has 0 spiro atoms. The molecule has 5 rings (SSSR count). The van der Waals surface area contributed by atoms with Crippen LogP contribution in [0.3, 0.4) is 0 Å². The molecule has 0 amide bonds. The van der Waals surface area contributed by atoms with Crippen LogP contribution in [0.2, 0.25) is 0 Å². The Morgan fingerprint density at radius 1 is 0.967 bits per heavy atom. The Labute approximate surface area is 180 Å². The van der Waals surface area contributed by atoms with E-state index in [1.54, 1.807) is 0 Å². The van der Waals surface area contributed by atoms with Crippen LogP contribution >= 0.6 is 0 Å². The second-order valence-electron chi connectivity index (χ2n) is 9.19. The standard InChI is InChI=1S/C27H33N3/c1-5-19-15-16-25-29(18(3)4)26-22-12-8-7-11-20(22)17-28-27(26)30(25)24-14-10-9-13-23(24)21(19)6-2/h7-14,17-19,21,25H,5-6,15-16H2,1-4H3. The third kappa shape index (κ3) is 2.82. The first-order valence-electron chi connectivity index (χ1n) is 11.7. The van der Waals surface area contributed by atoms with Gasteiger partial charge in [0.1, 0.15) is 6.17 Å². The number of hydrogen-bond acceptors (Lipinski definition) is 3. The topological polar surface area (TPSA) is 19.4 Å². The van der Waals surface area contributed by atoms with Gasteiger partial charge in [-0.2, -0.15) is 0 Å². The van der Waals surface area contributed by atoms with Crippen molar-refractivity contribution in [3.05, 3.63) is 60.3 Å². The van der Waals surface area contributed by atoms with Crippen LogP contribution in [0.15, 0.2) is 54.7 Å². The average molecular weight is 400 g/mol. The van der Waals surface area contributed by atoms with Crippen LogP contribution in [0.4, 0.5) is 17.2 Å². The molecule has 3 heterocycles. The highest BCUT2D eigenvalue weighted by molar-refractivity contribution is 6.02. The summed E-state index contributed by atoms with van der Waals surface area (Å²) in [6.45, 7) is 9.37. The molecule has 1 aromatic heterocycles. The minimum Gasteiger partial charge on any atom is -0.345 e. The molecule has 0 N–H and O–H groups in total. The smallest absolute Gasteiger partial charge is 0.159 e. The summed E-state index contributed by atoms with van der Waals surface area (Å²) in [5, 5.41) is 2.54. The van der Waals surface area contributed by atoms with Crippen molar-refractivity contribution in [1.82, 2.24) is 4.98 Å². The highest BCUT2D eigenvalue weighted by Gasteiger charge is 2.43. The Morgan fingerprint density at radius 3 is 2.50 bits per heavy atom. The second kappa shape index (κ2) is 7.61. The van der Waals surface area contributed by atoms with Crippen molar-refractivity contribution in [3.8, 4) is 0 Å². The molecule has 3 unspecified atom stereocenters. The molecule has 2 aliphatic rings. The van der Waals surface area contributed by atoms with E-state index in [-0.39, 0.29) is 0 Å². The molecule has 3 aromatic rings. The van der Waals surface area contributed by atoms with E-state index in [9.17, 15) is 0 Å². The van der Waals surface area contributed by atoms with Gasteiger partial charge in [0.25, 0.3) is 0 Å². The molecule has 0 radical (unpaired) electrons. The Balaban J connectivity index is 1.78. The highest BCUT2D eigenvalue weighted by atomic mass is 15.5. The van der Waals surface area contributed by atoms with E-state index in [4.69, 9.17) is 4.98 Å². The SMILES string of the molecule is CCC1CCC2N(c3ccccc3C1CC)c1ncc3ccccc3c1N2C(C)C. The largest absolute Gasteiger partial charge is 0.345 e. The Kier molecular flexibility index (Phi) is 4.92. The van der Waals surface area contributed by atoms with Crippen LogP contribution < -0.4 is 9.80 Å². The number of rotatable bonds is 3. The van der Waals surface area contributed by atoms with Gasteiger partial charge in [-0.3, -0.25) is 0 Å². The van der Waals surface area contributed by atoms with Crippen molar-refractivity contribution in [2.24, 2.45) is 5.92 Å². The fourth-order valence-corrected chi connectivity index (χ4v) is 6.01. The normalized spacial score (nSPS) is 23.2. The Morgan fingerprint density at radius 2 is 1.73 bits per heavy atom. The summed E-state index contributed by atoms with van der Waals surface area (Å²) in [5.41, 5.74) is 4.17. The molecule has 0 fully saturated rings. The van der Waals surface area contributed by atoms with E-state index >= 15 is 0 Å². The number of nitrogens with zero attached hydrogens (tertiary/aromatic N) is 3. The molecule has 0 saturated carbocycles. The third-order valence-electron chi connectivity index (χ3n) is 7.34. The zero-order chi connectivity index (χ0) is 20.8. The zero-order valence-electron chi connectivity index (χ0n) is 18.7. The number of para-hydroxylation sites is 1. The van der Waals surface area contributed by atoms with Gasteiger partial charge in [-0.15, -0.1) is 0 Å². The van der Waals surface area contributed by atoms with E-state index in [0.717, 1.165) is 11.7 Å². The molecule has 0 saturated heterocycles. The zero-order valence-corrected chi connectivity index (χ0v) is 18.7. The van der Waals surface area contributed by atoms with Crippen LogP contribution in [0, 0.1) is 5.92 Å². The maximum absolute atomic E-state index is 5.05. The maximum atomic E-state index is 5.05. The van der Waals surface area contributed by atoms with Gasteiger partial charge in [0.05, 0.1) is 5.69 Å². The van der Waals surface area contributed by atoms with E-state index < -0.39 is 0 Å². The summed E-state index contributed by atoms with van der Waals surface area (Å²) in [7, 11) is 0. The van der Waals surface area contributed by atoms with Crippen molar-refractivity contribution >= 4 is 28.0 Å². The van der Waals surface area contributed by atoms with E-state index in [0.29, 0.717) is 18.1 Å². The lowest BCUT2D eigenvalue weighted by atomic mass is 9.77. The van der Waals surface area contributed by atoms with Crippen molar-refractivity contribution in [1.29, 1.82) is 0 Å². The lowest BCUT2D eigenvalue weighted by Crippen LogP contribution is -2.46. The number of fused-ring (bicyclic) bond motifs is 7. The van der Waals surface area contributed by atoms with Crippen molar-refractivity contribution in [2.45, 2.75) is 71.5 Å². The summed E-state index contributed by atoms with van der Waals surface area (Å²) in [6, 6.07) is 18.2. The van der Waals surface area contributed by atoms with Crippen molar-refractivity contribution < 1.29 is 0 Å². The Bertz CT molecular complexity index is 1060. The number of pyridine rings is 1. The monoisotopic (exact) mass is 399 g/mol. The molecular formula is C27H33N3. The maximum Gasteiger partial charge on any atom is 0.159 e. The molecule has 0 aliphatic carbocycles. The number of anilines is 3. The molecule has 30 heavy (non-hydrogen) atoms. The summed E-state index contributed by atoms with van der Waals surface area (Å²) >= 11 is 0. The molecular weight excluding hydrogens is 366 g/mol. The van der Waals surface area contributed by atoms with Gasteiger partial charge in [0.15, 0.2) is 5.82 Å². The molecule has 3 heteroatoms. The van der Waals surface area contributed by atoms with Gasteiger partial charge in [0.2, 0.25) is 0 Å². The van der Waals surface area contributed by atoms with E-state index in [1.165, 1.54) is 53.4 Å². The van der Waals surface area contributed by atoms with Gasteiger partial charge in [-0.1, -0.05) is 62.7 Å². The number of benzene rings is 2. The summed E-state index contributed by atoms with van der Waals surface area (Å²) in [6.07, 6.45) is 7.26. The fraction of sp³-hybridized carbons (Fsp3) is 0.444. The third-order valence-corrected chi connectivity index (χ3v) is 7.34. The minimum atomic E-state index is 0.325. The lowest BCUT2D eigenvalue weighted by molar-refractivity contribution is 0.339. The van der Waals surface area contributed by atoms with Crippen LogP contribution in [0.25, 0.3) is 10.8 Å². The van der Waals surface area contributed by atoms with Crippen LogP contribution in [-0.4, -0.2) is 17.2 Å². The summed E-state index contributed by atoms with van der Waals surface area (Å²) in [5.74, 6) is 2.48. The second-order valence-corrected chi connectivity index (χ2v) is 9.19. The minimum absolute atomic E-state index is 0.325. The van der Waals surface area contributed by atoms with Gasteiger partial charge in [-0.05, 0) is 56.6 Å². The van der Waals surface area contributed by atoms with Gasteiger partial charge >= 0.3 is 0 Å². The van der Waals surface area contributed by atoms with Gasteiger partial charge < -0.3 is 9.80 Å². The number of hydrogen-bond donors (Lipinski definition) is 0. The summed E-state index contributed by atoms with van der Waals surface area (Å²) in [4.78, 5) is 10.3. The lowest BCUT2D eigenvalue weighted by Gasteiger charge is -2.41. The van der Waals surface area contributed by atoms with E-state index in [2.05, 4.69) is 92.2 Å². The molecule has 0 bridgehead atoms. The first-order chi connectivity index (χ1) is 14.7. The first-order valence-corrected chi connectivity index (χ1v) is 11.7. The first kappa shape index (κ1) is 19.4. The molecule has 156 valence electrons. The van der Waals surface area contributed by atoms with Crippen LogP contribution in [0.5, 0.6) is 0 Å². The van der Waals surface area contributed by atoms with Crippen molar-refractivity contribution in [3.63, 3.8) is 0 Å². The van der Waals surface area contributed by atoms with Crippen molar-refractivity contribution in [2.75, 3.05) is 9.80 Å². The number of aromatic nitrogens is 1. The molecule has 2 aromatic carbocycles. The van der Waals surface area contributed by atoms with Crippen LogP contribution in [-0.2, 0) is 0 Å². The van der Waals surface area contributed by atoms with E-state index in [1.807, 2.05) is 0 Å². The average Bonchev–Trinajstić information content (AvgIpc) is 3.09.